The highest BCUT2D eigenvalue weighted by Gasteiger charge is 2.37. The molecule has 2 aromatic rings. The maximum atomic E-state index is 12.3. The Labute approximate surface area is 147 Å². The van der Waals surface area contributed by atoms with Gasteiger partial charge in [-0.25, -0.2) is 4.98 Å². The molecule has 25 heavy (non-hydrogen) atoms. The maximum absolute atomic E-state index is 12.3. The number of rotatable bonds is 4. The predicted molar refractivity (Wildman–Crippen MR) is 95.3 cm³/mol. The monoisotopic (exact) mass is 365 g/mol. The third-order valence-corrected chi connectivity index (χ3v) is 6.95. The molecule has 0 spiro atoms. The molecular formula is C16H23N5O3S. The third kappa shape index (κ3) is 2.92. The molecule has 3 rings (SSSR count). The number of carbonyl (C=O) groups is 1. The molecule has 1 fully saturated rings. The van der Waals surface area contributed by atoms with Crippen LogP contribution in [0.1, 0.15) is 30.1 Å². The van der Waals surface area contributed by atoms with Crippen LogP contribution in [0, 0.1) is 0 Å². The largest absolute Gasteiger partial charge is 0.366 e. The van der Waals surface area contributed by atoms with Crippen LogP contribution in [0.25, 0.3) is 11.0 Å². The van der Waals surface area contributed by atoms with E-state index in [-0.39, 0.29) is 5.54 Å². The van der Waals surface area contributed by atoms with Crippen LogP contribution in [0.15, 0.2) is 24.5 Å². The molecule has 1 aromatic carbocycles. The summed E-state index contributed by atoms with van der Waals surface area (Å²) in [6, 6.07) is 5.36. The van der Waals surface area contributed by atoms with Gasteiger partial charge < -0.3 is 10.3 Å². The minimum Gasteiger partial charge on any atom is -0.366 e. The number of fused-ring (bicyclic) bond motifs is 1. The summed E-state index contributed by atoms with van der Waals surface area (Å²) in [6.07, 6.45) is 3.03. The van der Waals surface area contributed by atoms with E-state index < -0.39 is 16.1 Å². The Morgan fingerprint density at radius 2 is 1.92 bits per heavy atom. The number of piperidine rings is 1. The number of amides is 1. The molecule has 1 saturated heterocycles. The van der Waals surface area contributed by atoms with Gasteiger partial charge in [-0.3, -0.25) is 4.79 Å². The van der Waals surface area contributed by atoms with Gasteiger partial charge in [-0.15, -0.1) is 0 Å². The summed E-state index contributed by atoms with van der Waals surface area (Å²) in [5.74, 6) is -0.507. The van der Waals surface area contributed by atoms with Crippen molar-refractivity contribution >= 4 is 27.1 Å². The van der Waals surface area contributed by atoms with Crippen molar-refractivity contribution in [1.82, 2.24) is 18.2 Å². The van der Waals surface area contributed by atoms with Gasteiger partial charge in [0.25, 0.3) is 16.1 Å². The van der Waals surface area contributed by atoms with E-state index in [9.17, 15) is 13.2 Å². The minimum atomic E-state index is -3.40. The van der Waals surface area contributed by atoms with Gasteiger partial charge in [0.15, 0.2) is 0 Å². The van der Waals surface area contributed by atoms with E-state index in [2.05, 4.69) is 11.9 Å². The number of primary amides is 1. The summed E-state index contributed by atoms with van der Waals surface area (Å²) in [6.45, 7) is 2.96. The van der Waals surface area contributed by atoms with Gasteiger partial charge in [0.1, 0.15) is 5.52 Å². The molecule has 0 atom stereocenters. The highest BCUT2D eigenvalue weighted by Crippen LogP contribution is 2.34. The van der Waals surface area contributed by atoms with Crippen molar-refractivity contribution in [2.24, 2.45) is 5.73 Å². The average molecular weight is 365 g/mol. The summed E-state index contributed by atoms with van der Waals surface area (Å²) in [7, 11) is -0.320. The van der Waals surface area contributed by atoms with Gasteiger partial charge in [0, 0.05) is 32.7 Å². The second-order valence-electron chi connectivity index (χ2n) is 6.84. The number of imidazole rings is 1. The highest BCUT2D eigenvalue weighted by molar-refractivity contribution is 7.86. The maximum Gasteiger partial charge on any atom is 0.281 e. The normalized spacial score (nSPS) is 18.7. The molecule has 0 aliphatic carbocycles. The van der Waals surface area contributed by atoms with Crippen LogP contribution in [-0.2, 0) is 15.7 Å². The molecule has 1 aliphatic heterocycles. The molecule has 9 heteroatoms. The number of para-hydroxylation sites is 1. The molecule has 0 unspecified atom stereocenters. The molecule has 0 saturated carbocycles. The fraction of sp³-hybridized carbons (Fsp3) is 0.500. The number of hydrogen-bond donors (Lipinski definition) is 1. The second-order valence-corrected chi connectivity index (χ2v) is 8.98. The zero-order valence-corrected chi connectivity index (χ0v) is 15.5. The summed E-state index contributed by atoms with van der Waals surface area (Å²) in [4.78, 5) is 16.0. The van der Waals surface area contributed by atoms with E-state index in [0.29, 0.717) is 37.0 Å². The van der Waals surface area contributed by atoms with Crippen LogP contribution in [0.5, 0.6) is 0 Å². The Bertz CT molecular complexity index is 911. The molecular weight excluding hydrogens is 342 g/mol. The molecule has 0 radical (unpaired) electrons. The number of hydrogen-bond acceptors (Lipinski definition) is 4. The molecule has 1 aliphatic rings. The van der Waals surface area contributed by atoms with Crippen molar-refractivity contribution < 1.29 is 13.2 Å². The van der Waals surface area contributed by atoms with E-state index in [4.69, 9.17) is 5.73 Å². The second kappa shape index (κ2) is 6.08. The molecule has 0 bridgehead atoms. The summed E-state index contributed by atoms with van der Waals surface area (Å²) in [5, 5.41) is 0. The lowest BCUT2D eigenvalue weighted by molar-refractivity contribution is 0.100. The summed E-state index contributed by atoms with van der Waals surface area (Å²) in [5.41, 5.74) is 6.97. The SMILES string of the molecule is CN(C)S(=O)(=O)N1CCC(C)(n2cnc3c(C(N)=O)cccc32)CC1. The average Bonchev–Trinajstić information content (AvgIpc) is 2.99. The van der Waals surface area contributed by atoms with Crippen LogP contribution < -0.4 is 5.73 Å². The van der Waals surface area contributed by atoms with Gasteiger partial charge in [-0.1, -0.05) is 6.07 Å². The van der Waals surface area contributed by atoms with Gasteiger partial charge in [-0.2, -0.15) is 17.0 Å². The summed E-state index contributed by atoms with van der Waals surface area (Å²) < 4.78 is 29.4. The van der Waals surface area contributed by atoms with Crippen LogP contribution in [0.4, 0.5) is 0 Å². The van der Waals surface area contributed by atoms with Crippen LogP contribution in [0.3, 0.4) is 0 Å². The van der Waals surface area contributed by atoms with E-state index in [1.54, 1.807) is 18.5 Å². The predicted octanol–water partition coefficient (Wildman–Crippen LogP) is 0.753. The Kier molecular flexibility index (Phi) is 4.34. The minimum absolute atomic E-state index is 0.274. The topological polar surface area (TPSA) is 102 Å². The summed E-state index contributed by atoms with van der Waals surface area (Å²) >= 11 is 0. The highest BCUT2D eigenvalue weighted by atomic mass is 32.2. The Morgan fingerprint density at radius 3 is 2.48 bits per heavy atom. The van der Waals surface area contributed by atoms with Crippen molar-refractivity contribution in [3.8, 4) is 0 Å². The van der Waals surface area contributed by atoms with E-state index in [0.717, 1.165) is 5.52 Å². The van der Waals surface area contributed by atoms with Crippen LogP contribution >= 0.6 is 0 Å². The zero-order chi connectivity index (χ0) is 18.4. The molecule has 2 N–H and O–H groups in total. The van der Waals surface area contributed by atoms with Crippen molar-refractivity contribution in [2.75, 3.05) is 27.2 Å². The Morgan fingerprint density at radius 1 is 1.28 bits per heavy atom. The van der Waals surface area contributed by atoms with Crippen molar-refractivity contribution in [1.29, 1.82) is 0 Å². The van der Waals surface area contributed by atoms with Crippen molar-refractivity contribution in [3.63, 3.8) is 0 Å². The Balaban J connectivity index is 1.92. The fourth-order valence-electron chi connectivity index (χ4n) is 3.34. The third-order valence-electron chi connectivity index (χ3n) is 5.01. The van der Waals surface area contributed by atoms with E-state index >= 15 is 0 Å². The first kappa shape index (κ1) is 17.8. The van der Waals surface area contributed by atoms with Crippen molar-refractivity contribution in [3.05, 3.63) is 30.1 Å². The number of carbonyl (C=O) groups excluding carboxylic acids is 1. The van der Waals surface area contributed by atoms with Gasteiger partial charge in [-0.05, 0) is 31.9 Å². The smallest absolute Gasteiger partial charge is 0.281 e. The Hall–Kier alpha value is -1.97. The van der Waals surface area contributed by atoms with E-state index in [1.165, 1.54) is 22.7 Å². The zero-order valence-electron chi connectivity index (χ0n) is 14.6. The molecule has 1 aromatic heterocycles. The van der Waals surface area contributed by atoms with E-state index in [1.807, 2.05) is 10.6 Å². The standard InChI is InChI=1S/C16H23N5O3S/c1-16(7-9-20(10-8-16)25(23,24)19(2)3)21-11-18-14-12(15(17)22)5-4-6-13(14)21/h4-6,11H,7-10H2,1-3H3,(H2,17,22). The number of aromatic nitrogens is 2. The first-order chi connectivity index (χ1) is 11.7. The van der Waals surface area contributed by atoms with Crippen LogP contribution in [-0.4, -0.2) is 59.7 Å². The van der Waals surface area contributed by atoms with Gasteiger partial charge >= 0.3 is 0 Å². The van der Waals surface area contributed by atoms with Gasteiger partial charge in [0.2, 0.25) is 0 Å². The lowest BCUT2D eigenvalue weighted by Crippen LogP contribution is -2.49. The molecule has 136 valence electrons. The number of nitrogens with two attached hydrogens (primary N) is 1. The number of nitrogens with zero attached hydrogens (tertiary/aromatic N) is 4. The van der Waals surface area contributed by atoms with Crippen molar-refractivity contribution in [2.45, 2.75) is 25.3 Å². The first-order valence-electron chi connectivity index (χ1n) is 8.11. The lowest BCUT2D eigenvalue weighted by atomic mass is 9.90. The van der Waals surface area contributed by atoms with Crippen LogP contribution in [0.2, 0.25) is 0 Å². The lowest BCUT2D eigenvalue weighted by Gasteiger charge is -2.40. The molecule has 8 nitrogen and oxygen atoms in total. The quantitative estimate of drug-likeness (QED) is 0.864. The number of benzene rings is 1. The molecule has 2 heterocycles. The van der Waals surface area contributed by atoms with Gasteiger partial charge in [0.05, 0.1) is 17.4 Å². The molecule has 1 amide bonds. The first-order valence-corrected chi connectivity index (χ1v) is 9.50. The fourth-order valence-corrected chi connectivity index (χ4v) is 4.44.